The van der Waals surface area contributed by atoms with Gasteiger partial charge in [0.05, 0.1) is 20.2 Å². The van der Waals surface area contributed by atoms with E-state index in [9.17, 15) is 9.59 Å². The lowest BCUT2D eigenvalue weighted by molar-refractivity contribution is -0.153. The van der Waals surface area contributed by atoms with Crippen molar-refractivity contribution in [2.24, 2.45) is 0 Å². The predicted molar refractivity (Wildman–Crippen MR) is 110 cm³/mol. The van der Waals surface area contributed by atoms with Crippen LogP contribution >= 0.6 is 22.6 Å². The number of methoxy groups -OCH3 is 1. The second-order valence-electron chi connectivity index (χ2n) is 7.04. The van der Waals surface area contributed by atoms with Gasteiger partial charge in [0.25, 0.3) is 0 Å². The summed E-state index contributed by atoms with van der Waals surface area (Å²) in [6.07, 6.45) is 0. The molecule has 26 heavy (non-hydrogen) atoms. The number of esters is 2. The predicted octanol–water partition coefficient (Wildman–Crippen LogP) is 2.76. The summed E-state index contributed by atoms with van der Waals surface area (Å²) >= 11 is 2.26. The van der Waals surface area contributed by atoms with Gasteiger partial charge in [0.15, 0.2) is 0 Å². The fourth-order valence-electron chi connectivity index (χ4n) is 2.38. The molecule has 0 amide bonds. The van der Waals surface area contributed by atoms with Gasteiger partial charge in [0.1, 0.15) is 5.60 Å². The fourth-order valence-corrected chi connectivity index (χ4v) is 2.74. The fraction of sp³-hybridized carbons (Fsp3) is 0.579. The van der Waals surface area contributed by atoms with Crippen molar-refractivity contribution in [2.45, 2.75) is 39.3 Å². The van der Waals surface area contributed by atoms with Gasteiger partial charge in [-0.3, -0.25) is 14.5 Å². The number of nitrogens with one attached hydrogen (secondary N) is 1. The molecule has 1 rings (SSSR count). The van der Waals surface area contributed by atoms with E-state index in [0.29, 0.717) is 13.1 Å². The van der Waals surface area contributed by atoms with Crippen LogP contribution in [0.4, 0.5) is 0 Å². The Bertz CT molecular complexity index is 584. The molecule has 1 aromatic rings. The number of carbonyl (C=O) groups excluding carboxylic acids is 2. The smallest absolute Gasteiger partial charge is 0.320 e. The quantitative estimate of drug-likeness (QED) is 0.336. The Balaban J connectivity index is 2.59. The number of ether oxygens (including phenoxy) is 2. The number of nitrogens with zero attached hydrogens (tertiary/aromatic N) is 1. The van der Waals surface area contributed by atoms with E-state index in [1.54, 1.807) is 0 Å². The SMILES string of the molecule is COC(=O)CN(CCNCC(=O)OC(C)(C)C)[C@@H](C)c1ccc(I)cc1. The molecule has 1 aromatic carbocycles. The number of carbonyl (C=O) groups is 2. The van der Waals surface area contributed by atoms with Crippen LogP contribution in [-0.4, -0.2) is 55.7 Å². The molecule has 0 saturated carbocycles. The molecule has 1 N–H and O–H groups in total. The second-order valence-corrected chi connectivity index (χ2v) is 8.28. The summed E-state index contributed by atoms with van der Waals surface area (Å²) in [4.78, 5) is 25.5. The van der Waals surface area contributed by atoms with E-state index in [0.717, 1.165) is 9.13 Å². The number of hydrogen-bond donors (Lipinski definition) is 1. The molecule has 0 radical (unpaired) electrons. The topological polar surface area (TPSA) is 67.9 Å². The van der Waals surface area contributed by atoms with Crippen molar-refractivity contribution in [1.82, 2.24) is 10.2 Å². The third kappa shape index (κ3) is 8.95. The van der Waals surface area contributed by atoms with Gasteiger partial charge < -0.3 is 14.8 Å². The van der Waals surface area contributed by atoms with Crippen molar-refractivity contribution < 1.29 is 19.1 Å². The van der Waals surface area contributed by atoms with Crippen molar-refractivity contribution in [1.29, 1.82) is 0 Å². The summed E-state index contributed by atoms with van der Waals surface area (Å²) in [7, 11) is 1.39. The molecule has 1 atom stereocenters. The maximum absolute atomic E-state index is 11.8. The normalized spacial score (nSPS) is 12.7. The Morgan fingerprint density at radius 3 is 2.35 bits per heavy atom. The second kappa shape index (κ2) is 10.8. The Kier molecular flexibility index (Phi) is 9.52. The molecule has 0 spiro atoms. The summed E-state index contributed by atoms with van der Waals surface area (Å²) in [6.45, 7) is 9.07. The molecule has 6 nitrogen and oxygen atoms in total. The maximum Gasteiger partial charge on any atom is 0.320 e. The largest absolute Gasteiger partial charge is 0.468 e. The van der Waals surface area contributed by atoms with Crippen molar-refractivity contribution >= 4 is 34.5 Å². The molecule has 0 aliphatic rings. The lowest BCUT2D eigenvalue weighted by Crippen LogP contribution is -2.40. The summed E-state index contributed by atoms with van der Waals surface area (Å²) in [5.41, 5.74) is 0.635. The van der Waals surface area contributed by atoms with Crippen LogP contribution < -0.4 is 5.32 Å². The standard InChI is InChI=1S/C19H29IN2O4/c1-14(15-6-8-16(20)9-7-15)22(13-18(24)25-5)11-10-21-12-17(23)26-19(2,3)4/h6-9,14,21H,10-13H2,1-5H3/t14-/m0/s1. The Morgan fingerprint density at radius 1 is 1.19 bits per heavy atom. The molecule has 0 aliphatic heterocycles. The Morgan fingerprint density at radius 2 is 1.81 bits per heavy atom. The zero-order valence-corrected chi connectivity index (χ0v) is 18.3. The van der Waals surface area contributed by atoms with Crippen LogP contribution in [0.15, 0.2) is 24.3 Å². The van der Waals surface area contributed by atoms with Crippen LogP contribution in [0, 0.1) is 3.57 Å². The van der Waals surface area contributed by atoms with Crippen LogP contribution in [0.5, 0.6) is 0 Å². The highest BCUT2D eigenvalue weighted by atomic mass is 127. The highest BCUT2D eigenvalue weighted by Crippen LogP contribution is 2.20. The molecule has 0 heterocycles. The molecule has 0 unspecified atom stereocenters. The van der Waals surface area contributed by atoms with Gasteiger partial charge in [-0.05, 0) is 68.0 Å². The summed E-state index contributed by atoms with van der Waals surface area (Å²) in [6, 6.07) is 8.26. The van der Waals surface area contributed by atoms with Gasteiger partial charge in [0, 0.05) is 22.7 Å². The molecule has 0 aliphatic carbocycles. The maximum atomic E-state index is 11.8. The molecular weight excluding hydrogens is 447 g/mol. The van der Waals surface area contributed by atoms with Gasteiger partial charge in [-0.15, -0.1) is 0 Å². The average Bonchev–Trinajstić information content (AvgIpc) is 2.55. The highest BCUT2D eigenvalue weighted by molar-refractivity contribution is 14.1. The van der Waals surface area contributed by atoms with Crippen LogP contribution in [-0.2, 0) is 19.1 Å². The van der Waals surface area contributed by atoms with Crippen LogP contribution in [0.2, 0.25) is 0 Å². The molecule has 0 aromatic heterocycles. The summed E-state index contributed by atoms with van der Waals surface area (Å²) in [5, 5.41) is 3.08. The van der Waals surface area contributed by atoms with E-state index >= 15 is 0 Å². The number of benzene rings is 1. The van der Waals surface area contributed by atoms with Crippen molar-refractivity contribution in [3.63, 3.8) is 0 Å². The molecule has 7 heteroatoms. The zero-order chi connectivity index (χ0) is 19.7. The van der Waals surface area contributed by atoms with E-state index in [1.165, 1.54) is 7.11 Å². The first-order valence-electron chi connectivity index (χ1n) is 8.61. The first-order valence-corrected chi connectivity index (χ1v) is 9.69. The van der Waals surface area contributed by atoms with E-state index in [2.05, 4.69) is 47.0 Å². The van der Waals surface area contributed by atoms with Crippen molar-refractivity contribution in [3.8, 4) is 0 Å². The number of halogens is 1. The highest BCUT2D eigenvalue weighted by Gasteiger charge is 2.20. The van der Waals surface area contributed by atoms with Gasteiger partial charge in [-0.2, -0.15) is 0 Å². The Hall–Kier alpha value is -1.19. The van der Waals surface area contributed by atoms with E-state index < -0.39 is 5.60 Å². The number of rotatable bonds is 9. The monoisotopic (exact) mass is 476 g/mol. The zero-order valence-electron chi connectivity index (χ0n) is 16.2. The third-order valence-electron chi connectivity index (χ3n) is 3.73. The number of hydrogen-bond acceptors (Lipinski definition) is 6. The van der Waals surface area contributed by atoms with E-state index in [4.69, 9.17) is 9.47 Å². The minimum absolute atomic E-state index is 0.0504. The van der Waals surface area contributed by atoms with Gasteiger partial charge in [-0.25, -0.2) is 0 Å². The van der Waals surface area contributed by atoms with Crippen LogP contribution in [0.3, 0.4) is 0 Å². The third-order valence-corrected chi connectivity index (χ3v) is 4.44. The van der Waals surface area contributed by atoms with Gasteiger partial charge in [-0.1, -0.05) is 12.1 Å². The average molecular weight is 476 g/mol. The summed E-state index contributed by atoms with van der Waals surface area (Å²) in [5.74, 6) is -0.572. The van der Waals surface area contributed by atoms with Gasteiger partial charge in [0.2, 0.25) is 0 Å². The first kappa shape index (κ1) is 22.9. The first-order chi connectivity index (χ1) is 12.1. The van der Waals surface area contributed by atoms with Crippen molar-refractivity contribution in [3.05, 3.63) is 33.4 Å². The summed E-state index contributed by atoms with van der Waals surface area (Å²) < 4.78 is 11.2. The van der Waals surface area contributed by atoms with Crippen molar-refractivity contribution in [2.75, 3.05) is 33.3 Å². The Labute approximate surface area is 169 Å². The molecule has 0 saturated heterocycles. The minimum Gasteiger partial charge on any atom is -0.468 e. The van der Waals surface area contributed by atoms with E-state index in [1.807, 2.05) is 37.8 Å². The molecule has 0 bridgehead atoms. The van der Waals surface area contributed by atoms with Gasteiger partial charge >= 0.3 is 11.9 Å². The lowest BCUT2D eigenvalue weighted by Gasteiger charge is -2.28. The minimum atomic E-state index is -0.491. The molecule has 0 fully saturated rings. The van der Waals surface area contributed by atoms with Crippen LogP contribution in [0.1, 0.15) is 39.3 Å². The van der Waals surface area contributed by atoms with Crippen LogP contribution in [0.25, 0.3) is 0 Å². The van der Waals surface area contributed by atoms with E-state index in [-0.39, 0.29) is 31.1 Å². The molecule has 146 valence electrons. The molecular formula is C19H29IN2O4. The lowest BCUT2D eigenvalue weighted by atomic mass is 10.1.